The van der Waals surface area contributed by atoms with Crippen molar-refractivity contribution >= 4 is 11.7 Å². The lowest BCUT2D eigenvalue weighted by Crippen LogP contribution is -2.47. The van der Waals surface area contributed by atoms with Crippen LogP contribution in [0.1, 0.15) is 36.2 Å². The van der Waals surface area contributed by atoms with Crippen molar-refractivity contribution in [1.29, 1.82) is 0 Å². The SMILES string of the molecule is CN1CCN(C(=O)c2cc(NC3CCCC3)nc(-c3ccccc3)n2)CC1. The summed E-state index contributed by atoms with van der Waals surface area (Å²) in [7, 11) is 2.09. The molecule has 1 amide bonds. The van der Waals surface area contributed by atoms with Gasteiger partial charge in [0.1, 0.15) is 11.5 Å². The summed E-state index contributed by atoms with van der Waals surface area (Å²) in [5.41, 5.74) is 1.41. The summed E-state index contributed by atoms with van der Waals surface area (Å²) in [6.45, 7) is 3.28. The van der Waals surface area contributed by atoms with Crippen molar-refractivity contribution < 1.29 is 4.79 Å². The molecule has 1 aliphatic carbocycles. The molecule has 4 rings (SSSR count). The van der Waals surface area contributed by atoms with E-state index in [1.54, 1.807) is 0 Å². The van der Waals surface area contributed by atoms with Gasteiger partial charge in [0.25, 0.3) is 5.91 Å². The highest BCUT2D eigenvalue weighted by Gasteiger charge is 2.23. The summed E-state index contributed by atoms with van der Waals surface area (Å²) in [4.78, 5) is 26.5. The molecule has 2 fully saturated rings. The Bertz CT molecular complexity index is 780. The van der Waals surface area contributed by atoms with Crippen molar-refractivity contribution in [3.8, 4) is 11.4 Å². The number of hydrogen-bond acceptors (Lipinski definition) is 5. The van der Waals surface area contributed by atoms with E-state index in [0.29, 0.717) is 17.6 Å². The Balaban J connectivity index is 1.63. The zero-order chi connectivity index (χ0) is 18.6. The van der Waals surface area contributed by atoms with Crippen LogP contribution < -0.4 is 5.32 Å². The highest BCUT2D eigenvalue weighted by molar-refractivity contribution is 5.93. The zero-order valence-corrected chi connectivity index (χ0v) is 15.9. The van der Waals surface area contributed by atoms with E-state index < -0.39 is 0 Å². The molecule has 0 unspecified atom stereocenters. The maximum atomic E-state index is 13.1. The number of piperazine rings is 1. The van der Waals surface area contributed by atoms with Crippen molar-refractivity contribution in [1.82, 2.24) is 19.8 Å². The molecule has 0 radical (unpaired) electrons. The first-order valence-corrected chi connectivity index (χ1v) is 9.88. The molecular weight excluding hydrogens is 338 g/mol. The predicted octanol–water partition coefficient (Wildman–Crippen LogP) is 2.89. The number of hydrogen-bond donors (Lipinski definition) is 1. The molecule has 0 spiro atoms. The fraction of sp³-hybridized carbons (Fsp3) is 0.476. The van der Waals surface area contributed by atoms with Gasteiger partial charge in [-0.2, -0.15) is 0 Å². The largest absolute Gasteiger partial charge is 0.367 e. The Morgan fingerprint density at radius 2 is 1.74 bits per heavy atom. The van der Waals surface area contributed by atoms with E-state index in [-0.39, 0.29) is 5.91 Å². The van der Waals surface area contributed by atoms with Gasteiger partial charge in [-0.05, 0) is 19.9 Å². The van der Waals surface area contributed by atoms with Crippen LogP contribution in [0.3, 0.4) is 0 Å². The van der Waals surface area contributed by atoms with E-state index in [1.807, 2.05) is 41.3 Å². The second-order valence-electron chi connectivity index (χ2n) is 7.55. The lowest BCUT2D eigenvalue weighted by atomic mass is 10.2. The minimum absolute atomic E-state index is 0.00264. The molecule has 2 aromatic rings. The standard InChI is InChI=1S/C21H27N5O/c1-25-11-13-26(14-12-25)21(27)18-15-19(22-17-9-5-6-10-17)24-20(23-18)16-7-3-2-4-8-16/h2-4,7-8,15,17H,5-6,9-14H2,1H3,(H,22,23,24). The maximum Gasteiger partial charge on any atom is 0.272 e. The van der Waals surface area contributed by atoms with Crippen molar-refractivity contribution in [3.05, 3.63) is 42.1 Å². The third kappa shape index (κ3) is 4.27. The molecule has 1 saturated carbocycles. The van der Waals surface area contributed by atoms with Crippen LogP contribution in [0.15, 0.2) is 36.4 Å². The van der Waals surface area contributed by atoms with Gasteiger partial charge in [0.15, 0.2) is 5.82 Å². The van der Waals surface area contributed by atoms with Crippen molar-refractivity contribution in [3.63, 3.8) is 0 Å². The summed E-state index contributed by atoms with van der Waals surface area (Å²) in [5, 5.41) is 3.53. The minimum Gasteiger partial charge on any atom is -0.367 e. The van der Waals surface area contributed by atoms with Gasteiger partial charge < -0.3 is 15.1 Å². The fourth-order valence-electron chi connectivity index (χ4n) is 3.80. The number of anilines is 1. The van der Waals surface area contributed by atoms with Gasteiger partial charge in [-0.1, -0.05) is 43.2 Å². The Labute approximate surface area is 160 Å². The van der Waals surface area contributed by atoms with E-state index in [0.717, 1.165) is 50.4 Å². The highest BCUT2D eigenvalue weighted by atomic mass is 16.2. The first kappa shape index (κ1) is 17.9. The molecule has 6 nitrogen and oxygen atoms in total. The number of benzene rings is 1. The van der Waals surface area contributed by atoms with Gasteiger partial charge in [0, 0.05) is 43.9 Å². The average molecular weight is 365 g/mol. The Morgan fingerprint density at radius 1 is 1.04 bits per heavy atom. The van der Waals surface area contributed by atoms with E-state index in [4.69, 9.17) is 4.98 Å². The molecule has 0 atom stereocenters. The van der Waals surface area contributed by atoms with Gasteiger partial charge in [-0.25, -0.2) is 9.97 Å². The Kier molecular flexibility index (Phi) is 5.34. The topological polar surface area (TPSA) is 61.4 Å². The number of amides is 1. The van der Waals surface area contributed by atoms with E-state index in [1.165, 1.54) is 12.8 Å². The number of nitrogens with one attached hydrogen (secondary N) is 1. The van der Waals surface area contributed by atoms with Crippen LogP contribution in [0.5, 0.6) is 0 Å². The highest BCUT2D eigenvalue weighted by Crippen LogP contribution is 2.24. The van der Waals surface area contributed by atoms with E-state index in [2.05, 4.69) is 22.2 Å². The normalized spacial score (nSPS) is 18.6. The van der Waals surface area contributed by atoms with Crippen LogP contribution >= 0.6 is 0 Å². The first-order valence-electron chi connectivity index (χ1n) is 9.88. The van der Waals surface area contributed by atoms with Crippen LogP contribution in [0.2, 0.25) is 0 Å². The van der Waals surface area contributed by atoms with E-state index >= 15 is 0 Å². The van der Waals surface area contributed by atoms with Gasteiger partial charge >= 0.3 is 0 Å². The number of aromatic nitrogens is 2. The quantitative estimate of drug-likeness (QED) is 0.903. The molecule has 2 heterocycles. The van der Waals surface area contributed by atoms with Gasteiger partial charge in [-0.3, -0.25) is 4.79 Å². The number of nitrogens with zero attached hydrogens (tertiary/aromatic N) is 4. The molecular formula is C21H27N5O. The second kappa shape index (κ2) is 8.05. The van der Waals surface area contributed by atoms with Crippen LogP contribution in [0.25, 0.3) is 11.4 Å². The van der Waals surface area contributed by atoms with Crippen molar-refractivity contribution in [2.45, 2.75) is 31.7 Å². The summed E-state index contributed by atoms with van der Waals surface area (Å²) in [5.74, 6) is 1.36. The Hall–Kier alpha value is -2.47. The smallest absolute Gasteiger partial charge is 0.272 e. The third-order valence-electron chi connectivity index (χ3n) is 5.47. The average Bonchev–Trinajstić information content (AvgIpc) is 3.21. The summed E-state index contributed by atoms with van der Waals surface area (Å²) in [6.07, 6.45) is 4.82. The van der Waals surface area contributed by atoms with Crippen LogP contribution in [-0.4, -0.2) is 64.9 Å². The van der Waals surface area contributed by atoms with Crippen molar-refractivity contribution in [2.75, 3.05) is 38.5 Å². The summed E-state index contributed by atoms with van der Waals surface area (Å²) >= 11 is 0. The molecule has 1 aliphatic heterocycles. The third-order valence-corrected chi connectivity index (χ3v) is 5.47. The molecule has 1 aromatic carbocycles. The second-order valence-corrected chi connectivity index (χ2v) is 7.55. The number of carbonyl (C=O) groups excluding carboxylic acids is 1. The van der Waals surface area contributed by atoms with Crippen LogP contribution in [-0.2, 0) is 0 Å². The zero-order valence-electron chi connectivity index (χ0n) is 15.9. The van der Waals surface area contributed by atoms with Gasteiger partial charge in [0.05, 0.1) is 0 Å². The molecule has 2 aliphatic rings. The van der Waals surface area contributed by atoms with Crippen molar-refractivity contribution in [2.24, 2.45) is 0 Å². The molecule has 6 heteroatoms. The van der Waals surface area contributed by atoms with Crippen LogP contribution in [0.4, 0.5) is 5.82 Å². The molecule has 1 N–H and O–H groups in total. The number of carbonyl (C=O) groups is 1. The lowest BCUT2D eigenvalue weighted by Gasteiger charge is -2.32. The molecule has 1 aromatic heterocycles. The summed E-state index contributed by atoms with van der Waals surface area (Å²) < 4.78 is 0. The number of rotatable bonds is 4. The van der Waals surface area contributed by atoms with Gasteiger partial charge in [-0.15, -0.1) is 0 Å². The minimum atomic E-state index is -0.00264. The molecule has 1 saturated heterocycles. The molecule has 27 heavy (non-hydrogen) atoms. The van der Waals surface area contributed by atoms with Gasteiger partial charge in [0.2, 0.25) is 0 Å². The lowest BCUT2D eigenvalue weighted by molar-refractivity contribution is 0.0658. The summed E-state index contributed by atoms with van der Waals surface area (Å²) in [6, 6.07) is 12.1. The maximum absolute atomic E-state index is 13.1. The molecule has 142 valence electrons. The van der Waals surface area contributed by atoms with Crippen LogP contribution in [0, 0.1) is 0 Å². The monoisotopic (exact) mass is 365 g/mol. The first-order chi connectivity index (χ1) is 13.2. The number of likely N-dealkylation sites (N-methyl/N-ethyl adjacent to an activating group) is 1. The van der Waals surface area contributed by atoms with E-state index in [9.17, 15) is 4.79 Å². The predicted molar refractivity (Wildman–Crippen MR) is 107 cm³/mol. The fourth-order valence-corrected chi connectivity index (χ4v) is 3.80. The Morgan fingerprint density at radius 3 is 2.44 bits per heavy atom. The molecule has 0 bridgehead atoms.